The van der Waals surface area contributed by atoms with Crippen LogP contribution in [0.5, 0.6) is 0 Å². The number of rotatable bonds is 31. The average molecular weight is 754 g/mol. The van der Waals surface area contributed by atoms with Gasteiger partial charge in [0, 0.05) is 0 Å². The maximum absolute atomic E-state index is 12.9. The Morgan fingerprint density at radius 2 is 1.10 bits per heavy atom. The van der Waals surface area contributed by atoms with Gasteiger partial charge < -0.3 is 46.0 Å². The second kappa shape index (κ2) is 28.5. The van der Waals surface area contributed by atoms with Crippen LogP contribution in [0.15, 0.2) is 12.2 Å². The summed E-state index contributed by atoms with van der Waals surface area (Å²) in [6.45, 7) is 3.68. The third-order valence-electron chi connectivity index (χ3n) is 9.63. The molecule has 1 aliphatic carbocycles. The summed E-state index contributed by atoms with van der Waals surface area (Å²) in [6, 6.07) is -1.15. The third-order valence-corrected chi connectivity index (χ3v) is 10.6. The second-order valence-electron chi connectivity index (χ2n) is 14.3. The van der Waals surface area contributed by atoms with Gasteiger partial charge in [0.1, 0.15) is 36.6 Å². The van der Waals surface area contributed by atoms with E-state index in [2.05, 4.69) is 31.3 Å². The first-order valence-corrected chi connectivity index (χ1v) is 21.2. The lowest BCUT2D eigenvalue weighted by atomic mass is 9.85. The highest BCUT2D eigenvalue weighted by atomic mass is 31.2. The summed E-state index contributed by atoms with van der Waals surface area (Å²) in [5.41, 5.74) is 0. The number of aliphatic hydroxyl groups excluding tert-OH is 7. The fourth-order valence-electron chi connectivity index (χ4n) is 6.30. The molecule has 1 fully saturated rings. The molecule has 1 saturated carbocycles. The average Bonchev–Trinajstić information content (AvgIpc) is 3.09. The lowest BCUT2D eigenvalue weighted by molar-refractivity contribution is -0.220. The van der Waals surface area contributed by atoms with E-state index in [0.717, 1.165) is 77.0 Å². The molecule has 0 saturated heterocycles. The van der Waals surface area contributed by atoms with Crippen molar-refractivity contribution in [3.05, 3.63) is 12.2 Å². The Kier molecular flexibility index (Phi) is 26.8. The van der Waals surface area contributed by atoms with Gasteiger partial charge in [0.05, 0.1) is 31.3 Å². The molecule has 1 rings (SSSR count). The van der Waals surface area contributed by atoms with Gasteiger partial charge in [-0.1, -0.05) is 122 Å². The molecule has 0 aliphatic heterocycles. The van der Waals surface area contributed by atoms with Gasteiger partial charge in [-0.2, -0.15) is 0 Å². The van der Waals surface area contributed by atoms with Gasteiger partial charge in [0.2, 0.25) is 5.91 Å². The van der Waals surface area contributed by atoms with E-state index >= 15 is 0 Å². The molecule has 8 unspecified atom stereocenters. The number of carbonyl (C=O) groups excluding carboxylic acids is 1. The zero-order valence-electron chi connectivity index (χ0n) is 31.3. The van der Waals surface area contributed by atoms with Gasteiger partial charge >= 0.3 is 7.82 Å². The quantitative estimate of drug-likeness (QED) is 0.0267. The maximum atomic E-state index is 12.9. The van der Waals surface area contributed by atoms with Crippen molar-refractivity contribution < 1.29 is 59.0 Å². The number of carbonyl (C=O) groups is 1. The number of aliphatic hydroxyl groups is 7. The van der Waals surface area contributed by atoms with Crippen molar-refractivity contribution >= 4 is 13.7 Å². The fourth-order valence-corrected chi connectivity index (χ4v) is 7.26. The largest absolute Gasteiger partial charge is 0.472 e. The van der Waals surface area contributed by atoms with E-state index < -0.39 is 75.2 Å². The third kappa shape index (κ3) is 21.5. The topological polar surface area (TPSA) is 226 Å². The van der Waals surface area contributed by atoms with Gasteiger partial charge in [-0.05, 0) is 38.5 Å². The van der Waals surface area contributed by atoms with Crippen molar-refractivity contribution in [2.45, 2.75) is 210 Å². The fraction of sp³-hybridized carbons (Fsp3) is 0.919. The van der Waals surface area contributed by atoms with E-state index in [0.29, 0.717) is 12.8 Å². The Bertz CT molecular complexity index is 943. The summed E-state index contributed by atoms with van der Waals surface area (Å²) in [5.74, 6) is -0.570. The smallest absolute Gasteiger partial charge is 0.393 e. The van der Waals surface area contributed by atoms with Crippen molar-refractivity contribution in [3.63, 3.8) is 0 Å². The summed E-state index contributed by atoms with van der Waals surface area (Å²) in [4.78, 5) is 23.2. The molecule has 0 aromatic rings. The lowest BCUT2D eigenvalue weighted by Gasteiger charge is -2.41. The first kappa shape index (κ1) is 48.1. The van der Waals surface area contributed by atoms with Gasteiger partial charge in [0.25, 0.3) is 0 Å². The molecule has 0 radical (unpaired) electrons. The summed E-state index contributed by atoms with van der Waals surface area (Å²) in [5, 5.41) is 74.0. The number of phosphoric ester groups is 1. The standard InChI is InChI=1S/C37H72NO12P/c1-3-5-7-9-11-13-14-15-16-17-18-20-22-24-28(39)26-31(41)38-29(30(40)25-23-21-19-12-10-8-6-4-2)27-49-51(47,48)50-37-35(45)33(43)32(42)34(44)36(37)46/h13-14,28-30,32-37,39-40,42-46H,3-12,15-27H2,1-2H3,(H,38,41)(H,47,48)/b14-13-. The Morgan fingerprint density at radius 1 is 0.667 bits per heavy atom. The van der Waals surface area contributed by atoms with Gasteiger partial charge in [-0.3, -0.25) is 13.8 Å². The van der Waals surface area contributed by atoms with E-state index in [1.54, 1.807) is 0 Å². The lowest BCUT2D eigenvalue weighted by Crippen LogP contribution is -2.64. The molecule has 0 heterocycles. The maximum Gasteiger partial charge on any atom is 0.472 e. The molecule has 14 heteroatoms. The number of unbranched alkanes of at least 4 members (excludes halogenated alkanes) is 16. The van der Waals surface area contributed by atoms with Crippen molar-refractivity contribution in [1.29, 1.82) is 0 Å². The number of nitrogens with one attached hydrogen (secondary N) is 1. The SMILES string of the molecule is CCCCCC/C=C\CCCCCCCC(O)CC(=O)NC(COP(=O)(O)OC1C(O)C(O)C(O)C(O)C1O)C(O)CCCCCCCCCC. The van der Waals surface area contributed by atoms with Crippen molar-refractivity contribution in [3.8, 4) is 0 Å². The minimum atomic E-state index is -5.10. The highest BCUT2D eigenvalue weighted by Gasteiger charge is 2.51. The normalized spacial score (nSPS) is 25.5. The molecule has 8 atom stereocenters. The zero-order valence-corrected chi connectivity index (χ0v) is 32.2. The van der Waals surface area contributed by atoms with E-state index in [1.165, 1.54) is 38.5 Å². The van der Waals surface area contributed by atoms with Crippen LogP contribution in [0.3, 0.4) is 0 Å². The summed E-state index contributed by atoms with van der Waals surface area (Å²) in [7, 11) is -5.10. The Hall–Kier alpha value is -0.960. The molecule has 1 aliphatic rings. The second-order valence-corrected chi connectivity index (χ2v) is 15.7. The molecular weight excluding hydrogens is 681 g/mol. The predicted octanol–water partition coefficient (Wildman–Crippen LogP) is 4.69. The monoisotopic (exact) mass is 753 g/mol. The highest BCUT2D eigenvalue weighted by molar-refractivity contribution is 7.47. The highest BCUT2D eigenvalue weighted by Crippen LogP contribution is 2.47. The minimum absolute atomic E-state index is 0.226. The Labute approximate surface area is 306 Å². The molecular formula is C37H72NO12P. The van der Waals surface area contributed by atoms with Crippen LogP contribution in [0.2, 0.25) is 0 Å². The van der Waals surface area contributed by atoms with Crippen LogP contribution in [-0.4, -0.2) is 108 Å². The zero-order chi connectivity index (χ0) is 38.1. The molecule has 0 aromatic heterocycles. The van der Waals surface area contributed by atoms with Gasteiger partial charge in [-0.15, -0.1) is 0 Å². The Morgan fingerprint density at radius 3 is 1.63 bits per heavy atom. The molecule has 0 bridgehead atoms. The number of phosphoric acid groups is 1. The first-order valence-electron chi connectivity index (χ1n) is 19.7. The number of hydrogen-bond donors (Lipinski definition) is 9. The van der Waals surface area contributed by atoms with Crippen LogP contribution in [-0.2, 0) is 18.4 Å². The first-order chi connectivity index (χ1) is 24.3. The van der Waals surface area contributed by atoms with E-state index in [-0.39, 0.29) is 12.8 Å². The summed E-state index contributed by atoms with van der Waals surface area (Å²) < 4.78 is 22.7. The van der Waals surface area contributed by atoms with Gasteiger partial charge in [0.15, 0.2) is 0 Å². The minimum Gasteiger partial charge on any atom is -0.393 e. The van der Waals surface area contributed by atoms with Crippen LogP contribution in [0, 0.1) is 0 Å². The summed E-state index contributed by atoms with van der Waals surface area (Å²) >= 11 is 0. The Balaban J connectivity index is 2.59. The van der Waals surface area contributed by atoms with Crippen molar-refractivity contribution in [2.24, 2.45) is 0 Å². The molecule has 302 valence electrons. The van der Waals surface area contributed by atoms with E-state index in [4.69, 9.17) is 9.05 Å². The number of amides is 1. The summed E-state index contributed by atoms with van der Waals surface area (Å²) in [6.07, 6.45) is 11.6. The molecule has 1 amide bonds. The molecule has 0 spiro atoms. The molecule has 9 N–H and O–H groups in total. The molecule has 51 heavy (non-hydrogen) atoms. The van der Waals surface area contributed by atoms with E-state index in [1.807, 2.05) is 0 Å². The number of allylic oxidation sites excluding steroid dienone is 2. The van der Waals surface area contributed by atoms with Crippen LogP contribution >= 0.6 is 7.82 Å². The van der Waals surface area contributed by atoms with Crippen molar-refractivity contribution in [1.82, 2.24) is 5.32 Å². The van der Waals surface area contributed by atoms with Crippen LogP contribution in [0.25, 0.3) is 0 Å². The molecule has 13 nitrogen and oxygen atoms in total. The van der Waals surface area contributed by atoms with Gasteiger partial charge in [-0.25, -0.2) is 4.57 Å². The molecule has 0 aromatic carbocycles. The predicted molar refractivity (Wildman–Crippen MR) is 197 cm³/mol. The number of hydrogen-bond acceptors (Lipinski definition) is 11. The van der Waals surface area contributed by atoms with Crippen LogP contribution < -0.4 is 5.32 Å². The van der Waals surface area contributed by atoms with Crippen LogP contribution in [0.1, 0.15) is 155 Å². The van der Waals surface area contributed by atoms with Crippen molar-refractivity contribution in [2.75, 3.05) is 6.61 Å². The van der Waals surface area contributed by atoms with E-state index in [9.17, 15) is 50.0 Å². The van der Waals surface area contributed by atoms with Crippen LogP contribution in [0.4, 0.5) is 0 Å².